The van der Waals surface area contributed by atoms with E-state index in [2.05, 4.69) is 10.6 Å². The first-order chi connectivity index (χ1) is 13.6. The Hall–Kier alpha value is -2.67. The van der Waals surface area contributed by atoms with Crippen molar-refractivity contribution in [1.82, 2.24) is 10.6 Å². The molecule has 2 amide bonds. The fourth-order valence-electron chi connectivity index (χ4n) is 2.99. The quantitative estimate of drug-likeness (QED) is 0.500. The number of benzene rings is 1. The second-order valence-electron chi connectivity index (χ2n) is 6.80. The number of carbonyl (C=O) groups excluding carboxylic acids is 3. The Bertz CT molecular complexity index is 675. The highest BCUT2D eigenvalue weighted by Crippen LogP contribution is 2.12. The van der Waals surface area contributed by atoms with Gasteiger partial charge in [0.1, 0.15) is 6.61 Å². The van der Waals surface area contributed by atoms with Crippen molar-refractivity contribution in [3.05, 3.63) is 48.0 Å². The molecule has 3 N–H and O–H groups in total. The van der Waals surface area contributed by atoms with Crippen molar-refractivity contribution in [2.24, 2.45) is 5.92 Å². The average Bonchev–Trinajstić information content (AvgIpc) is 2.69. The van der Waals surface area contributed by atoms with Crippen LogP contribution in [0.25, 0.3) is 0 Å². The molecule has 0 spiro atoms. The normalized spacial score (nSPS) is 19.5. The van der Waals surface area contributed by atoms with Crippen LogP contribution in [0.5, 0.6) is 0 Å². The van der Waals surface area contributed by atoms with Crippen LogP contribution < -0.4 is 10.6 Å². The van der Waals surface area contributed by atoms with Gasteiger partial charge in [0.15, 0.2) is 0 Å². The number of esters is 1. The maximum Gasteiger partial charge on any atom is 0.306 e. The topological polar surface area (TPSA) is 105 Å². The standard InChI is InChI=1S/C21H28N2O5/c24-15-18(13-16-7-3-1-4-8-16)23-19(25)14-17-9-5-2-6-10-20(26)28-12-11-22-21(17)27/h1-5,7-8,17-18,24H,6,9-15H2,(H,22,27)(H,23,25)/t17-,18-/m1/s1. The van der Waals surface area contributed by atoms with Gasteiger partial charge in [0.2, 0.25) is 11.8 Å². The molecule has 1 heterocycles. The van der Waals surface area contributed by atoms with Crippen LogP contribution in [0.4, 0.5) is 0 Å². The number of hydrogen-bond donors (Lipinski definition) is 3. The zero-order valence-electron chi connectivity index (χ0n) is 15.9. The van der Waals surface area contributed by atoms with Crippen LogP contribution in [0.1, 0.15) is 31.2 Å². The number of nitrogens with one attached hydrogen (secondary N) is 2. The molecule has 7 heteroatoms. The molecule has 1 aliphatic rings. The van der Waals surface area contributed by atoms with E-state index in [1.807, 2.05) is 42.5 Å². The third kappa shape index (κ3) is 7.92. The number of hydrogen-bond acceptors (Lipinski definition) is 5. The van der Waals surface area contributed by atoms with Gasteiger partial charge in [0.25, 0.3) is 0 Å². The lowest BCUT2D eigenvalue weighted by Crippen LogP contribution is -2.42. The lowest BCUT2D eigenvalue weighted by atomic mass is 9.98. The van der Waals surface area contributed by atoms with Crippen molar-refractivity contribution in [3.8, 4) is 0 Å². The molecule has 2 atom stereocenters. The molecule has 1 aromatic rings. The minimum absolute atomic E-state index is 0.0290. The Kier molecular flexibility index (Phi) is 9.21. The Morgan fingerprint density at radius 3 is 2.79 bits per heavy atom. The van der Waals surface area contributed by atoms with Crippen molar-refractivity contribution in [3.63, 3.8) is 0 Å². The molecule has 1 aromatic carbocycles. The number of amides is 2. The Labute approximate surface area is 165 Å². The number of allylic oxidation sites excluding steroid dienone is 2. The summed E-state index contributed by atoms with van der Waals surface area (Å²) in [7, 11) is 0. The maximum atomic E-state index is 12.4. The summed E-state index contributed by atoms with van der Waals surface area (Å²) in [5, 5.41) is 15.1. The summed E-state index contributed by atoms with van der Waals surface area (Å²) in [5.74, 6) is -1.33. The lowest BCUT2D eigenvalue weighted by Gasteiger charge is -2.19. The van der Waals surface area contributed by atoms with Crippen molar-refractivity contribution in [1.29, 1.82) is 0 Å². The van der Waals surface area contributed by atoms with E-state index in [1.54, 1.807) is 0 Å². The minimum Gasteiger partial charge on any atom is -0.464 e. The zero-order chi connectivity index (χ0) is 20.2. The fourth-order valence-corrected chi connectivity index (χ4v) is 2.99. The van der Waals surface area contributed by atoms with Gasteiger partial charge in [-0.1, -0.05) is 42.5 Å². The summed E-state index contributed by atoms with van der Waals surface area (Å²) < 4.78 is 5.01. The predicted octanol–water partition coefficient (Wildman–Crippen LogP) is 1.11. The molecule has 152 valence electrons. The molecule has 2 rings (SSSR count). The number of rotatable bonds is 6. The van der Waals surface area contributed by atoms with Gasteiger partial charge in [0.05, 0.1) is 25.1 Å². The highest BCUT2D eigenvalue weighted by molar-refractivity contribution is 5.86. The number of carbonyl (C=O) groups is 3. The summed E-state index contributed by atoms with van der Waals surface area (Å²) in [4.78, 5) is 36.2. The first kappa shape index (κ1) is 21.6. The first-order valence-corrected chi connectivity index (χ1v) is 9.61. The van der Waals surface area contributed by atoms with E-state index < -0.39 is 12.0 Å². The van der Waals surface area contributed by atoms with E-state index in [0.717, 1.165) is 5.56 Å². The Morgan fingerprint density at radius 2 is 2.04 bits per heavy atom. The molecule has 0 aliphatic carbocycles. The van der Waals surface area contributed by atoms with Gasteiger partial charge < -0.3 is 20.5 Å². The van der Waals surface area contributed by atoms with Crippen molar-refractivity contribution in [2.45, 2.75) is 38.1 Å². The van der Waals surface area contributed by atoms with Gasteiger partial charge in [0, 0.05) is 12.8 Å². The number of cyclic esters (lactones) is 1. The van der Waals surface area contributed by atoms with Crippen LogP contribution in [0, 0.1) is 5.92 Å². The van der Waals surface area contributed by atoms with E-state index in [4.69, 9.17) is 4.74 Å². The number of ether oxygens (including phenoxy) is 1. The minimum atomic E-state index is -0.512. The SMILES string of the molecule is O=C(C[C@H]1CC=CCCC(=O)OCCNC1=O)N[C@@H](CO)Cc1ccccc1. The highest BCUT2D eigenvalue weighted by atomic mass is 16.5. The smallest absolute Gasteiger partial charge is 0.306 e. The molecule has 0 unspecified atom stereocenters. The van der Waals surface area contributed by atoms with Gasteiger partial charge in [-0.15, -0.1) is 0 Å². The molecule has 7 nitrogen and oxygen atoms in total. The number of aliphatic hydroxyl groups is 1. The predicted molar refractivity (Wildman–Crippen MR) is 104 cm³/mol. The summed E-state index contributed by atoms with van der Waals surface area (Å²) >= 11 is 0. The molecular weight excluding hydrogens is 360 g/mol. The molecule has 1 aliphatic heterocycles. The van der Waals surface area contributed by atoms with E-state index >= 15 is 0 Å². The third-order valence-corrected chi connectivity index (χ3v) is 4.48. The average molecular weight is 388 g/mol. The van der Waals surface area contributed by atoms with Crippen molar-refractivity contribution in [2.75, 3.05) is 19.8 Å². The summed E-state index contributed by atoms with van der Waals surface area (Å²) in [6.45, 7) is 0.166. The molecule has 0 saturated carbocycles. The number of aliphatic hydroxyl groups excluding tert-OH is 1. The van der Waals surface area contributed by atoms with E-state index in [0.29, 0.717) is 25.7 Å². The Balaban J connectivity index is 1.91. The first-order valence-electron chi connectivity index (χ1n) is 9.61. The van der Waals surface area contributed by atoms with Gasteiger partial charge in [-0.3, -0.25) is 14.4 Å². The van der Waals surface area contributed by atoms with E-state index in [1.165, 1.54) is 0 Å². The van der Waals surface area contributed by atoms with Gasteiger partial charge >= 0.3 is 5.97 Å². The van der Waals surface area contributed by atoms with Crippen LogP contribution >= 0.6 is 0 Å². The van der Waals surface area contributed by atoms with Crippen LogP contribution in [0.3, 0.4) is 0 Å². The van der Waals surface area contributed by atoms with Crippen LogP contribution in [-0.2, 0) is 25.5 Å². The molecule has 0 aromatic heterocycles. The zero-order valence-corrected chi connectivity index (χ0v) is 15.9. The highest BCUT2D eigenvalue weighted by Gasteiger charge is 2.22. The van der Waals surface area contributed by atoms with E-state index in [9.17, 15) is 19.5 Å². The monoisotopic (exact) mass is 388 g/mol. The molecule has 0 fully saturated rings. The van der Waals surface area contributed by atoms with Gasteiger partial charge in [-0.05, 0) is 24.8 Å². The fraction of sp³-hybridized carbons (Fsp3) is 0.476. The van der Waals surface area contributed by atoms with Crippen LogP contribution in [-0.4, -0.2) is 48.7 Å². The van der Waals surface area contributed by atoms with Gasteiger partial charge in [-0.2, -0.15) is 0 Å². The van der Waals surface area contributed by atoms with Crippen LogP contribution in [0.2, 0.25) is 0 Å². The summed E-state index contributed by atoms with van der Waals surface area (Å²) in [6.07, 6.45) is 5.45. The molecular formula is C21H28N2O5. The molecule has 0 saturated heterocycles. The molecule has 0 bridgehead atoms. The molecule has 28 heavy (non-hydrogen) atoms. The van der Waals surface area contributed by atoms with Crippen LogP contribution in [0.15, 0.2) is 42.5 Å². The van der Waals surface area contributed by atoms with Crippen molar-refractivity contribution < 1.29 is 24.2 Å². The second-order valence-corrected chi connectivity index (χ2v) is 6.80. The third-order valence-electron chi connectivity index (χ3n) is 4.48. The summed E-state index contributed by atoms with van der Waals surface area (Å²) in [5.41, 5.74) is 1.02. The second kappa shape index (κ2) is 11.9. The lowest BCUT2D eigenvalue weighted by molar-refractivity contribution is -0.144. The Morgan fingerprint density at radius 1 is 1.25 bits per heavy atom. The maximum absolute atomic E-state index is 12.4. The van der Waals surface area contributed by atoms with Crippen molar-refractivity contribution >= 4 is 17.8 Å². The summed E-state index contributed by atoms with van der Waals surface area (Å²) in [6, 6.07) is 9.19. The van der Waals surface area contributed by atoms with Gasteiger partial charge in [-0.25, -0.2) is 0 Å². The molecule has 0 radical (unpaired) electrons. The van der Waals surface area contributed by atoms with E-state index in [-0.39, 0.29) is 44.0 Å². The largest absolute Gasteiger partial charge is 0.464 e.